The zero-order valence-electron chi connectivity index (χ0n) is 15.7. The summed E-state index contributed by atoms with van der Waals surface area (Å²) in [5.41, 5.74) is 2.36. The first-order valence-electron chi connectivity index (χ1n) is 9.38. The first-order valence-corrected chi connectivity index (χ1v) is 9.38. The molecule has 3 heterocycles. The maximum absolute atomic E-state index is 12.8. The van der Waals surface area contributed by atoms with Gasteiger partial charge in [0.2, 0.25) is 5.91 Å². The van der Waals surface area contributed by atoms with Gasteiger partial charge >= 0.3 is 5.76 Å². The number of carbonyl (C=O) groups is 1. The number of hydrogen-bond donors (Lipinski definition) is 0. The number of piperidine rings is 1. The fourth-order valence-corrected chi connectivity index (χ4v) is 3.93. The highest BCUT2D eigenvalue weighted by molar-refractivity contribution is 5.77. The lowest BCUT2D eigenvalue weighted by Gasteiger charge is -2.32. The molecule has 3 aromatic rings. The van der Waals surface area contributed by atoms with Crippen LogP contribution in [0.4, 0.5) is 0 Å². The molecule has 1 fully saturated rings. The van der Waals surface area contributed by atoms with E-state index in [0.29, 0.717) is 18.7 Å². The Morgan fingerprint density at radius 2 is 2.22 bits per heavy atom. The van der Waals surface area contributed by atoms with E-state index in [-0.39, 0.29) is 18.2 Å². The summed E-state index contributed by atoms with van der Waals surface area (Å²) in [5, 5.41) is 0. The van der Waals surface area contributed by atoms with Gasteiger partial charge in [-0.1, -0.05) is 6.07 Å². The smallest absolute Gasteiger partial charge is 0.408 e. The molecule has 27 heavy (non-hydrogen) atoms. The van der Waals surface area contributed by atoms with Crippen LogP contribution in [-0.2, 0) is 18.4 Å². The van der Waals surface area contributed by atoms with Gasteiger partial charge in [0.1, 0.15) is 5.82 Å². The highest BCUT2D eigenvalue weighted by Gasteiger charge is 2.27. The molecule has 1 amide bonds. The van der Waals surface area contributed by atoms with Crippen molar-refractivity contribution < 1.29 is 9.21 Å². The first kappa shape index (κ1) is 17.6. The number of oxazole rings is 1. The van der Waals surface area contributed by atoms with Crippen molar-refractivity contribution in [3.05, 3.63) is 52.5 Å². The predicted octanol–water partition coefficient (Wildman–Crippen LogP) is 2.43. The van der Waals surface area contributed by atoms with Crippen LogP contribution in [0.2, 0.25) is 0 Å². The van der Waals surface area contributed by atoms with Gasteiger partial charge < -0.3 is 13.9 Å². The number of nitrogens with zero attached hydrogens (tertiary/aromatic N) is 4. The molecule has 7 heteroatoms. The van der Waals surface area contributed by atoms with Gasteiger partial charge in [-0.2, -0.15) is 0 Å². The van der Waals surface area contributed by atoms with E-state index in [1.165, 1.54) is 0 Å². The van der Waals surface area contributed by atoms with Crippen molar-refractivity contribution in [2.45, 2.75) is 38.6 Å². The molecule has 0 radical (unpaired) electrons. The molecule has 0 spiro atoms. The standard InChI is InChI=1S/C20H24N4O3/c1-14-5-6-17-16(12-14)24(20(26)27-17)10-7-18(25)23-9-3-4-15(13-23)19-21-8-11-22(19)2/h5-6,8,11-12,15H,3-4,7,9-10,13H2,1-2H3/t15-/m1/s1. The third-order valence-electron chi connectivity index (χ3n) is 5.37. The van der Waals surface area contributed by atoms with Crippen LogP contribution in [0.5, 0.6) is 0 Å². The summed E-state index contributed by atoms with van der Waals surface area (Å²) in [6, 6.07) is 5.63. The Balaban J connectivity index is 1.45. The number of amides is 1. The minimum atomic E-state index is -0.409. The van der Waals surface area contributed by atoms with E-state index < -0.39 is 5.76 Å². The van der Waals surface area contributed by atoms with E-state index in [4.69, 9.17) is 4.42 Å². The van der Waals surface area contributed by atoms with Crippen molar-refractivity contribution in [3.8, 4) is 0 Å². The van der Waals surface area contributed by atoms with E-state index in [1.54, 1.807) is 16.8 Å². The van der Waals surface area contributed by atoms with E-state index >= 15 is 0 Å². The Hall–Kier alpha value is -2.83. The Kier molecular flexibility index (Phi) is 4.59. The number of rotatable bonds is 4. The lowest BCUT2D eigenvalue weighted by Crippen LogP contribution is -2.40. The van der Waals surface area contributed by atoms with Crippen LogP contribution in [0.25, 0.3) is 11.1 Å². The Morgan fingerprint density at radius 1 is 1.37 bits per heavy atom. The summed E-state index contributed by atoms with van der Waals surface area (Å²) in [4.78, 5) is 31.2. The van der Waals surface area contributed by atoms with E-state index in [0.717, 1.165) is 36.3 Å². The second kappa shape index (κ2) is 7.06. The van der Waals surface area contributed by atoms with Crippen molar-refractivity contribution in [1.82, 2.24) is 19.0 Å². The number of benzene rings is 1. The SMILES string of the molecule is Cc1ccc2oc(=O)n(CCC(=O)N3CCC[C@@H](c4nccn4C)C3)c2c1. The molecule has 0 aliphatic carbocycles. The number of imidazole rings is 1. The molecule has 1 aromatic carbocycles. The molecular formula is C20H24N4O3. The van der Waals surface area contributed by atoms with Gasteiger partial charge in [0.15, 0.2) is 5.58 Å². The number of likely N-dealkylation sites (tertiary alicyclic amines) is 1. The minimum absolute atomic E-state index is 0.0720. The minimum Gasteiger partial charge on any atom is -0.408 e. The van der Waals surface area contributed by atoms with E-state index in [2.05, 4.69) is 4.98 Å². The summed E-state index contributed by atoms with van der Waals surface area (Å²) < 4.78 is 8.86. The van der Waals surface area contributed by atoms with Crippen LogP contribution in [0.15, 0.2) is 39.8 Å². The predicted molar refractivity (Wildman–Crippen MR) is 102 cm³/mol. The van der Waals surface area contributed by atoms with Gasteiger partial charge in [0.25, 0.3) is 0 Å². The van der Waals surface area contributed by atoms with Crippen LogP contribution >= 0.6 is 0 Å². The zero-order chi connectivity index (χ0) is 19.0. The number of carbonyl (C=O) groups excluding carboxylic acids is 1. The highest BCUT2D eigenvalue weighted by atomic mass is 16.4. The van der Waals surface area contributed by atoms with Crippen LogP contribution in [0.3, 0.4) is 0 Å². The topological polar surface area (TPSA) is 73.3 Å². The quantitative estimate of drug-likeness (QED) is 0.709. The van der Waals surface area contributed by atoms with Crippen LogP contribution in [-0.4, -0.2) is 38.0 Å². The van der Waals surface area contributed by atoms with Gasteiger partial charge in [0.05, 0.1) is 5.52 Å². The molecule has 0 bridgehead atoms. The molecule has 1 aliphatic heterocycles. The van der Waals surface area contributed by atoms with Gasteiger partial charge in [-0.05, 0) is 37.5 Å². The van der Waals surface area contributed by atoms with Gasteiger partial charge in [0, 0.05) is 51.4 Å². The molecule has 0 N–H and O–H groups in total. The lowest BCUT2D eigenvalue weighted by molar-refractivity contribution is -0.132. The maximum atomic E-state index is 12.8. The second-order valence-electron chi connectivity index (χ2n) is 7.32. The number of hydrogen-bond acceptors (Lipinski definition) is 4. The normalized spacial score (nSPS) is 17.6. The van der Waals surface area contributed by atoms with Gasteiger partial charge in [-0.15, -0.1) is 0 Å². The molecule has 7 nitrogen and oxygen atoms in total. The lowest BCUT2D eigenvalue weighted by atomic mass is 9.97. The summed E-state index contributed by atoms with van der Waals surface area (Å²) in [7, 11) is 1.99. The van der Waals surface area contributed by atoms with Gasteiger partial charge in [-0.3, -0.25) is 9.36 Å². The third-order valence-corrected chi connectivity index (χ3v) is 5.37. The first-order chi connectivity index (χ1) is 13.0. The molecule has 1 saturated heterocycles. The molecular weight excluding hydrogens is 344 g/mol. The summed E-state index contributed by atoms with van der Waals surface area (Å²) in [5.74, 6) is 0.957. The number of fused-ring (bicyclic) bond motifs is 1. The van der Waals surface area contributed by atoms with Crippen molar-refractivity contribution in [3.63, 3.8) is 0 Å². The number of aryl methyl sites for hydroxylation is 3. The summed E-state index contributed by atoms with van der Waals surface area (Å²) >= 11 is 0. The molecule has 2 aromatic heterocycles. The molecule has 0 unspecified atom stereocenters. The molecule has 142 valence electrons. The Bertz CT molecular complexity index is 1030. The van der Waals surface area contributed by atoms with Crippen LogP contribution < -0.4 is 5.76 Å². The monoisotopic (exact) mass is 368 g/mol. The van der Waals surface area contributed by atoms with Crippen LogP contribution in [0.1, 0.15) is 36.6 Å². The summed E-state index contributed by atoms with van der Waals surface area (Å²) in [6.07, 6.45) is 6.04. The Labute approximate surface area is 157 Å². The fourth-order valence-electron chi connectivity index (χ4n) is 3.93. The Morgan fingerprint density at radius 3 is 3.00 bits per heavy atom. The fraction of sp³-hybridized carbons (Fsp3) is 0.450. The largest absolute Gasteiger partial charge is 0.419 e. The third kappa shape index (κ3) is 3.41. The molecule has 4 rings (SSSR count). The molecule has 1 aliphatic rings. The van der Waals surface area contributed by atoms with Crippen molar-refractivity contribution in [1.29, 1.82) is 0 Å². The van der Waals surface area contributed by atoms with Crippen molar-refractivity contribution in [2.24, 2.45) is 7.05 Å². The second-order valence-corrected chi connectivity index (χ2v) is 7.32. The average molecular weight is 368 g/mol. The molecule has 0 saturated carbocycles. The van der Waals surface area contributed by atoms with Crippen molar-refractivity contribution >= 4 is 17.0 Å². The van der Waals surface area contributed by atoms with Crippen LogP contribution in [0, 0.1) is 6.92 Å². The zero-order valence-corrected chi connectivity index (χ0v) is 15.7. The van der Waals surface area contributed by atoms with E-state index in [1.807, 2.05) is 41.8 Å². The average Bonchev–Trinajstić information content (AvgIpc) is 3.22. The van der Waals surface area contributed by atoms with Gasteiger partial charge in [-0.25, -0.2) is 9.78 Å². The summed E-state index contributed by atoms with van der Waals surface area (Å²) in [6.45, 7) is 3.75. The highest BCUT2D eigenvalue weighted by Crippen LogP contribution is 2.26. The molecule has 1 atom stereocenters. The van der Waals surface area contributed by atoms with Crippen molar-refractivity contribution in [2.75, 3.05) is 13.1 Å². The maximum Gasteiger partial charge on any atom is 0.419 e. The van der Waals surface area contributed by atoms with E-state index in [9.17, 15) is 9.59 Å². The number of aromatic nitrogens is 3.